The number of hydrogen-bond donors (Lipinski definition) is 3. The SMILES string of the molecule is C[C@@H]1CC=C2[C@]13C[C@@]1(O)OC(OC[C@@]2(C)[C@@]1(C)O)[C@@H]3O. The van der Waals surface area contributed by atoms with Crippen molar-refractivity contribution in [2.45, 2.75) is 57.4 Å². The van der Waals surface area contributed by atoms with E-state index < -0.39 is 34.6 Å². The van der Waals surface area contributed by atoms with Crippen molar-refractivity contribution in [2.75, 3.05) is 6.61 Å². The van der Waals surface area contributed by atoms with Crippen LogP contribution in [0.1, 0.15) is 33.6 Å². The van der Waals surface area contributed by atoms with E-state index in [-0.39, 0.29) is 18.9 Å². The molecule has 1 spiro atoms. The number of rotatable bonds is 0. The molecule has 5 nitrogen and oxygen atoms in total. The maximum absolute atomic E-state index is 11.0. The van der Waals surface area contributed by atoms with E-state index in [4.69, 9.17) is 9.47 Å². The van der Waals surface area contributed by atoms with Crippen LogP contribution in [-0.4, -0.2) is 45.7 Å². The van der Waals surface area contributed by atoms with Gasteiger partial charge in [0.05, 0.1) is 6.61 Å². The summed E-state index contributed by atoms with van der Waals surface area (Å²) in [7, 11) is 0. The fourth-order valence-electron chi connectivity index (χ4n) is 5.03. The van der Waals surface area contributed by atoms with Crippen molar-refractivity contribution in [3.63, 3.8) is 0 Å². The zero-order chi connectivity index (χ0) is 14.6. The van der Waals surface area contributed by atoms with Crippen LogP contribution in [0.2, 0.25) is 0 Å². The van der Waals surface area contributed by atoms with Crippen LogP contribution in [0.3, 0.4) is 0 Å². The Morgan fingerprint density at radius 3 is 2.70 bits per heavy atom. The number of aliphatic hydroxyl groups is 3. The minimum absolute atomic E-state index is 0.197. The lowest BCUT2D eigenvalue weighted by atomic mass is 9.48. The van der Waals surface area contributed by atoms with Crippen molar-refractivity contribution < 1.29 is 24.8 Å². The molecule has 7 atom stereocenters. The van der Waals surface area contributed by atoms with E-state index in [0.717, 1.165) is 12.0 Å². The molecule has 5 aliphatic rings. The highest BCUT2D eigenvalue weighted by Crippen LogP contribution is 2.70. The molecule has 4 bridgehead atoms. The molecule has 112 valence electrons. The first-order valence-corrected chi connectivity index (χ1v) is 7.32. The van der Waals surface area contributed by atoms with Gasteiger partial charge in [-0.25, -0.2) is 0 Å². The highest BCUT2D eigenvalue weighted by Gasteiger charge is 2.77. The monoisotopic (exact) mass is 282 g/mol. The molecule has 2 aliphatic carbocycles. The molecule has 0 amide bonds. The van der Waals surface area contributed by atoms with E-state index in [1.165, 1.54) is 0 Å². The highest BCUT2D eigenvalue weighted by atomic mass is 16.8. The Kier molecular flexibility index (Phi) is 2.18. The van der Waals surface area contributed by atoms with Crippen LogP contribution in [0.15, 0.2) is 11.6 Å². The molecule has 0 aromatic heterocycles. The van der Waals surface area contributed by atoms with Gasteiger partial charge in [-0.05, 0) is 19.3 Å². The van der Waals surface area contributed by atoms with Crippen molar-refractivity contribution in [3.8, 4) is 0 Å². The lowest BCUT2D eigenvalue weighted by Crippen LogP contribution is -2.74. The highest BCUT2D eigenvalue weighted by molar-refractivity contribution is 5.41. The molecule has 3 heterocycles. The van der Waals surface area contributed by atoms with Crippen LogP contribution in [0.4, 0.5) is 0 Å². The fourth-order valence-corrected chi connectivity index (χ4v) is 5.03. The normalized spacial score (nSPS) is 64.1. The van der Waals surface area contributed by atoms with Crippen molar-refractivity contribution in [1.82, 2.24) is 0 Å². The third-order valence-corrected chi connectivity index (χ3v) is 6.65. The molecular weight excluding hydrogens is 260 g/mol. The van der Waals surface area contributed by atoms with Gasteiger partial charge < -0.3 is 24.8 Å². The lowest BCUT2D eigenvalue weighted by Gasteiger charge is -2.63. The van der Waals surface area contributed by atoms with E-state index in [1.54, 1.807) is 6.92 Å². The molecule has 0 aromatic rings. The fraction of sp³-hybridized carbons (Fsp3) is 0.867. The lowest BCUT2D eigenvalue weighted by molar-refractivity contribution is -0.407. The summed E-state index contributed by atoms with van der Waals surface area (Å²) in [4.78, 5) is 0. The molecular formula is C15H22O5. The summed E-state index contributed by atoms with van der Waals surface area (Å²) in [6.07, 6.45) is 1.51. The Balaban J connectivity index is 2.03. The van der Waals surface area contributed by atoms with Gasteiger partial charge in [-0.15, -0.1) is 0 Å². The van der Waals surface area contributed by atoms with Crippen LogP contribution in [0, 0.1) is 16.7 Å². The maximum atomic E-state index is 11.0. The molecule has 1 unspecified atom stereocenters. The summed E-state index contributed by atoms with van der Waals surface area (Å²) in [5, 5.41) is 32.7. The average Bonchev–Trinajstić information content (AvgIpc) is 2.64. The van der Waals surface area contributed by atoms with Crippen LogP contribution in [-0.2, 0) is 9.47 Å². The number of ether oxygens (including phenoxy) is 2. The molecule has 5 heteroatoms. The van der Waals surface area contributed by atoms with Crippen molar-refractivity contribution >= 4 is 0 Å². The van der Waals surface area contributed by atoms with E-state index in [0.29, 0.717) is 0 Å². The van der Waals surface area contributed by atoms with Gasteiger partial charge in [-0.2, -0.15) is 0 Å². The molecule has 0 radical (unpaired) electrons. The van der Waals surface area contributed by atoms with Gasteiger partial charge >= 0.3 is 0 Å². The Hall–Kier alpha value is -0.460. The van der Waals surface area contributed by atoms with E-state index in [9.17, 15) is 15.3 Å². The van der Waals surface area contributed by atoms with Crippen molar-refractivity contribution in [1.29, 1.82) is 0 Å². The number of hydrogen-bond acceptors (Lipinski definition) is 5. The second-order valence-corrected chi connectivity index (χ2v) is 7.40. The quantitative estimate of drug-likeness (QED) is 0.565. The van der Waals surface area contributed by atoms with E-state index in [2.05, 4.69) is 13.0 Å². The van der Waals surface area contributed by atoms with Crippen LogP contribution in [0.25, 0.3) is 0 Å². The summed E-state index contributed by atoms with van der Waals surface area (Å²) >= 11 is 0. The summed E-state index contributed by atoms with van der Waals surface area (Å²) in [5.41, 5.74) is -1.72. The smallest absolute Gasteiger partial charge is 0.199 e. The minimum Gasteiger partial charge on any atom is -0.387 e. The van der Waals surface area contributed by atoms with Gasteiger partial charge in [-0.3, -0.25) is 0 Å². The molecule has 4 fully saturated rings. The molecule has 3 saturated heterocycles. The minimum atomic E-state index is -1.68. The van der Waals surface area contributed by atoms with Crippen LogP contribution < -0.4 is 0 Å². The Bertz CT molecular complexity index is 514. The van der Waals surface area contributed by atoms with E-state index >= 15 is 0 Å². The first kappa shape index (κ1) is 13.2. The number of allylic oxidation sites excluding steroid dienone is 1. The topological polar surface area (TPSA) is 79.2 Å². The van der Waals surface area contributed by atoms with Crippen LogP contribution >= 0.6 is 0 Å². The standard InChI is InChI=1S/C15H22O5/c1-8-4-5-9-12(2)7-19-11-10(16)14(8,9)6-15(18,20-11)13(12,3)17/h5,8,10-11,16-18H,4,6-7H2,1-3H3/t8-,10+,11?,12-,13-,14+,15-/m1/s1. The molecule has 3 aliphatic heterocycles. The van der Waals surface area contributed by atoms with Gasteiger partial charge in [0, 0.05) is 17.3 Å². The number of fused-ring (bicyclic) bond motifs is 1. The summed E-state index contributed by atoms with van der Waals surface area (Å²) in [6.45, 7) is 5.84. The van der Waals surface area contributed by atoms with E-state index in [1.807, 2.05) is 6.92 Å². The van der Waals surface area contributed by atoms with Crippen molar-refractivity contribution in [3.05, 3.63) is 11.6 Å². The maximum Gasteiger partial charge on any atom is 0.199 e. The van der Waals surface area contributed by atoms with Gasteiger partial charge in [0.2, 0.25) is 0 Å². The molecule has 20 heavy (non-hydrogen) atoms. The number of aliphatic hydroxyl groups excluding tert-OH is 1. The first-order valence-electron chi connectivity index (χ1n) is 7.32. The third-order valence-electron chi connectivity index (χ3n) is 6.65. The zero-order valence-electron chi connectivity index (χ0n) is 12.1. The van der Waals surface area contributed by atoms with Gasteiger partial charge in [0.25, 0.3) is 0 Å². The molecule has 0 aromatic carbocycles. The molecule has 5 rings (SSSR count). The largest absolute Gasteiger partial charge is 0.387 e. The second kappa shape index (κ2) is 3.31. The summed E-state index contributed by atoms with van der Waals surface area (Å²) in [6, 6.07) is 0. The van der Waals surface area contributed by atoms with Crippen molar-refractivity contribution in [2.24, 2.45) is 16.7 Å². The van der Waals surface area contributed by atoms with Gasteiger partial charge in [0.1, 0.15) is 11.7 Å². The van der Waals surface area contributed by atoms with Gasteiger partial charge in [-0.1, -0.05) is 25.5 Å². The van der Waals surface area contributed by atoms with Gasteiger partial charge in [0.15, 0.2) is 12.1 Å². The average molecular weight is 282 g/mol. The third kappa shape index (κ3) is 1.05. The second-order valence-electron chi connectivity index (χ2n) is 7.40. The zero-order valence-corrected chi connectivity index (χ0v) is 12.1. The Morgan fingerprint density at radius 2 is 2.00 bits per heavy atom. The predicted octanol–water partition coefficient (Wildman–Crippen LogP) is 0.536. The Morgan fingerprint density at radius 1 is 1.30 bits per heavy atom. The molecule has 3 N–H and O–H groups in total. The summed E-state index contributed by atoms with van der Waals surface area (Å²) < 4.78 is 11.3. The summed E-state index contributed by atoms with van der Waals surface area (Å²) in [5.74, 6) is -1.49. The predicted molar refractivity (Wildman–Crippen MR) is 69.4 cm³/mol. The molecule has 1 saturated carbocycles. The van der Waals surface area contributed by atoms with Crippen LogP contribution in [0.5, 0.6) is 0 Å². The first-order chi connectivity index (χ1) is 9.19. The Labute approximate surface area is 118 Å².